The van der Waals surface area contributed by atoms with E-state index in [9.17, 15) is 0 Å². The molecule has 0 unspecified atom stereocenters. The number of hydrogen-bond acceptors (Lipinski definition) is 2. The Morgan fingerprint density at radius 3 is 2.62 bits per heavy atom. The van der Waals surface area contributed by atoms with E-state index in [4.69, 9.17) is 4.74 Å². The molecular formula is C11H13NO. The summed E-state index contributed by atoms with van der Waals surface area (Å²) < 4.78 is 5.12. The van der Waals surface area contributed by atoms with E-state index in [0.29, 0.717) is 0 Å². The van der Waals surface area contributed by atoms with Crippen molar-refractivity contribution < 1.29 is 4.74 Å². The Labute approximate surface area is 78.4 Å². The van der Waals surface area contributed by atoms with E-state index in [-0.39, 0.29) is 0 Å². The van der Waals surface area contributed by atoms with Crippen LogP contribution in [0, 0.1) is 6.92 Å². The summed E-state index contributed by atoms with van der Waals surface area (Å²) >= 11 is 0. The Balaban J connectivity index is 2.19. The number of ether oxygens (including phenoxy) is 1. The second-order valence-electron chi connectivity index (χ2n) is 3.18. The van der Waals surface area contributed by atoms with Crippen LogP contribution >= 0.6 is 0 Å². The summed E-state index contributed by atoms with van der Waals surface area (Å²) in [5.74, 6) is 0. The first-order valence-corrected chi connectivity index (χ1v) is 4.48. The monoisotopic (exact) mass is 175 g/mol. The van der Waals surface area contributed by atoms with Gasteiger partial charge in [0.25, 0.3) is 0 Å². The summed E-state index contributed by atoms with van der Waals surface area (Å²) in [4.78, 5) is 2.18. The lowest BCUT2D eigenvalue weighted by Crippen LogP contribution is -2.24. The van der Waals surface area contributed by atoms with Crippen LogP contribution in [0.2, 0.25) is 0 Å². The van der Waals surface area contributed by atoms with E-state index >= 15 is 0 Å². The minimum atomic E-state index is 0.768. The smallest absolute Gasteiger partial charge is 0.105 e. The molecule has 0 spiro atoms. The molecule has 2 rings (SSSR count). The zero-order valence-electron chi connectivity index (χ0n) is 7.73. The van der Waals surface area contributed by atoms with Crippen molar-refractivity contribution in [1.82, 2.24) is 0 Å². The van der Waals surface area contributed by atoms with Gasteiger partial charge in [-0.3, -0.25) is 0 Å². The average Bonchev–Trinajstić information content (AvgIpc) is 2.20. The zero-order valence-corrected chi connectivity index (χ0v) is 7.73. The summed E-state index contributed by atoms with van der Waals surface area (Å²) in [6, 6.07) is 8.51. The van der Waals surface area contributed by atoms with Crippen LogP contribution in [-0.4, -0.2) is 13.2 Å². The second kappa shape index (κ2) is 3.52. The number of nitrogens with zero attached hydrogens (tertiary/aromatic N) is 1. The van der Waals surface area contributed by atoms with Crippen molar-refractivity contribution in [2.24, 2.45) is 0 Å². The summed E-state index contributed by atoms with van der Waals surface area (Å²) in [6.45, 7) is 3.79. The second-order valence-corrected chi connectivity index (χ2v) is 3.18. The molecule has 2 heteroatoms. The van der Waals surface area contributed by atoms with Gasteiger partial charge >= 0.3 is 0 Å². The van der Waals surface area contributed by atoms with Gasteiger partial charge in [-0.2, -0.15) is 0 Å². The van der Waals surface area contributed by atoms with E-state index in [2.05, 4.69) is 36.1 Å². The molecule has 0 radical (unpaired) electrons. The van der Waals surface area contributed by atoms with Crippen LogP contribution in [-0.2, 0) is 4.74 Å². The van der Waals surface area contributed by atoms with E-state index in [1.165, 1.54) is 11.3 Å². The molecule has 0 fully saturated rings. The summed E-state index contributed by atoms with van der Waals surface area (Å²) in [7, 11) is 0. The highest BCUT2D eigenvalue weighted by Crippen LogP contribution is 2.16. The molecule has 1 aliphatic heterocycles. The fraction of sp³-hybridized carbons (Fsp3) is 0.273. The molecule has 0 N–H and O–H groups in total. The largest absolute Gasteiger partial charge is 0.498 e. The third-order valence-electron chi connectivity index (χ3n) is 2.15. The van der Waals surface area contributed by atoms with Gasteiger partial charge in [-0.1, -0.05) is 17.7 Å². The molecule has 0 atom stereocenters. The molecule has 0 aromatic heterocycles. The van der Waals surface area contributed by atoms with Crippen molar-refractivity contribution in [3.8, 4) is 0 Å². The SMILES string of the molecule is Cc1ccc(N2C=COCC2)cc1. The highest BCUT2D eigenvalue weighted by molar-refractivity contribution is 5.50. The van der Waals surface area contributed by atoms with Crippen LogP contribution in [0.3, 0.4) is 0 Å². The van der Waals surface area contributed by atoms with E-state index < -0.39 is 0 Å². The van der Waals surface area contributed by atoms with Gasteiger partial charge in [-0.25, -0.2) is 0 Å². The first kappa shape index (κ1) is 8.17. The predicted molar refractivity (Wildman–Crippen MR) is 53.6 cm³/mol. The fourth-order valence-corrected chi connectivity index (χ4v) is 1.36. The van der Waals surface area contributed by atoms with Gasteiger partial charge in [0.15, 0.2) is 0 Å². The molecule has 0 amide bonds. The lowest BCUT2D eigenvalue weighted by molar-refractivity contribution is 0.245. The zero-order chi connectivity index (χ0) is 9.10. The molecule has 68 valence electrons. The molecule has 0 bridgehead atoms. The normalized spacial score (nSPS) is 15.6. The molecule has 1 heterocycles. The first-order chi connectivity index (χ1) is 6.36. The lowest BCUT2D eigenvalue weighted by Gasteiger charge is -2.23. The Morgan fingerprint density at radius 1 is 1.23 bits per heavy atom. The number of hydrogen-bond donors (Lipinski definition) is 0. The van der Waals surface area contributed by atoms with Crippen LogP contribution in [0.15, 0.2) is 36.7 Å². The minimum absolute atomic E-state index is 0.768. The fourth-order valence-electron chi connectivity index (χ4n) is 1.36. The number of aryl methyl sites for hydroxylation is 1. The Bertz CT molecular complexity index is 302. The first-order valence-electron chi connectivity index (χ1n) is 4.48. The van der Waals surface area contributed by atoms with Gasteiger partial charge < -0.3 is 9.64 Å². The number of rotatable bonds is 1. The Morgan fingerprint density at radius 2 is 2.00 bits per heavy atom. The summed E-state index contributed by atoms with van der Waals surface area (Å²) in [5, 5.41) is 0. The standard InChI is InChI=1S/C11H13NO/c1-10-2-4-11(5-3-10)12-6-8-13-9-7-12/h2-6,8H,7,9H2,1H3. The Hall–Kier alpha value is -1.44. The van der Waals surface area contributed by atoms with Gasteiger partial charge in [-0.05, 0) is 19.1 Å². The summed E-state index contributed by atoms with van der Waals surface area (Å²) in [5.41, 5.74) is 2.52. The molecule has 0 saturated carbocycles. The predicted octanol–water partition coefficient (Wildman–Crippen LogP) is 2.30. The highest BCUT2D eigenvalue weighted by atomic mass is 16.5. The van der Waals surface area contributed by atoms with Gasteiger partial charge in [0.1, 0.15) is 6.61 Å². The van der Waals surface area contributed by atoms with Gasteiger partial charge in [0.2, 0.25) is 0 Å². The van der Waals surface area contributed by atoms with Crippen LogP contribution in [0.25, 0.3) is 0 Å². The van der Waals surface area contributed by atoms with Crippen molar-refractivity contribution in [3.05, 3.63) is 42.3 Å². The number of benzene rings is 1. The van der Waals surface area contributed by atoms with E-state index in [0.717, 1.165) is 13.2 Å². The lowest BCUT2D eigenvalue weighted by atomic mass is 10.2. The molecule has 2 nitrogen and oxygen atoms in total. The molecule has 0 saturated heterocycles. The van der Waals surface area contributed by atoms with Crippen molar-refractivity contribution in [2.45, 2.75) is 6.92 Å². The van der Waals surface area contributed by atoms with Crippen LogP contribution in [0.1, 0.15) is 5.56 Å². The maximum absolute atomic E-state index is 5.12. The number of anilines is 1. The van der Waals surface area contributed by atoms with Crippen molar-refractivity contribution in [3.63, 3.8) is 0 Å². The van der Waals surface area contributed by atoms with Crippen molar-refractivity contribution >= 4 is 5.69 Å². The third kappa shape index (κ3) is 1.83. The molecule has 1 aliphatic rings. The maximum Gasteiger partial charge on any atom is 0.105 e. The quantitative estimate of drug-likeness (QED) is 0.649. The average molecular weight is 175 g/mol. The van der Waals surface area contributed by atoms with E-state index in [1.54, 1.807) is 6.26 Å². The topological polar surface area (TPSA) is 12.5 Å². The molecule has 1 aromatic carbocycles. The minimum Gasteiger partial charge on any atom is -0.498 e. The molecule has 13 heavy (non-hydrogen) atoms. The summed E-state index contributed by atoms with van der Waals surface area (Å²) in [6.07, 6.45) is 3.71. The van der Waals surface area contributed by atoms with Crippen molar-refractivity contribution in [2.75, 3.05) is 18.1 Å². The molecule has 0 aliphatic carbocycles. The van der Waals surface area contributed by atoms with E-state index in [1.807, 2.05) is 6.20 Å². The van der Waals surface area contributed by atoms with Crippen LogP contribution in [0.4, 0.5) is 5.69 Å². The van der Waals surface area contributed by atoms with Gasteiger partial charge in [-0.15, -0.1) is 0 Å². The Kier molecular flexibility index (Phi) is 2.21. The van der Waals surface area contributed by atoms with Crippen LogP contribution in [0.5, 0.6) is 0 Å². The van der Waals surface area contributed by atoms with Gasteiger partial charge in [0.05, 0.1) is 12.8 Å². The van der Waals surface area contributed by atoms with Crippen molar-refractivity contribution in [1.29, 1.82) is 0 Å². The maximum atomic E-state index is 5.12. The van der Waals surface area contributed by atoms with Gasteiger partial charge in [0, 0.05) is 11.9 Å². The van der Waals surface area contributed by atoms with Crippen LogP contribution < -0.4 is 4.90 Å². The molecule has 1 aromatic rings. The molecular weight excluding hydrogens is 162 g/mol. The highest BCUT2D eigenvalue weighted by Gasteiger charge is 2.05. The third-order valence-corrected chi connectivity index (χ3v) is 2.15.